The Morgan fingerprint density at radius 3 is 2.63 bits per heavy atom. The van der Waals surface area contributed by atoms with Gasteiger partial charge in [-0.1, -0.05) is 30.3 Å². The fraction of sp³-hybridized carbons (Fsp3) is 0.294. The largest absolute Gasteiger partial charge is 0.351 e. The van der Waals surface area contributed by atoms with E-state index in [4.69, 9.17) is 4.52 Å². The molecule has 1 N–H and O–H groups in total. The van der Waals surface area contributed by atoms with Crippen LogP contribution >= 0.6 is 0 Å². The number of hydrogen-bond acceptors (Lipinski definition) is 7. The minimum Gasteiger partial charge on any atom is -0.345 e. The van der Waals surface area contributed by atoms with Gasteiger partial charge in [-0.15, -0.1) is 0 Å². The molecule has 2 heterocycles. The van der Waals surface area contributed by atoms with Crippen molar-refractivity contribution in [1.82, 2.24) is 29.8 Å². The van der Waals surface area contributed by atoms with Crippen LogP contribution in [0, 0.1) is 0 Å². The number of nitrogens with one attached hydrogen (secondary N) is 1. The maximum atomic E-state index is 12.4. The van der Waals surface area contributed by atoms with Gasteiger partial charge >= 0.3 is 17.5 Å². The number of rotatable bonds is 5. The Morgan fingerprint density at radius 2 is 1.96 bits per heavy atom. The zero-order chi connectivity index (χ0) is 19.6. The first kappa shape index (κ1) is 18.2. The monoisotopic (exact) mass is 370 g/mol. The second-order valence-electron chi connectivity index (χ2n) is 5.95. The minimum absolute atomic E-state index is 0.0705. The van der Waals surface area contributed by atoms with E-state index < -0.39 is 17.2 Å². The summed E-state index contributed by atoms with van der Waals surface area (Å²) in [5, 5.41) is 10.4. The molecule has 0 fully saturated rings. The normalized spacial score (nSPS) is 12.0. The van der Waals surface area contributed by atoms with Gasteiger partial charge in [-0.3, -0.25) is 14.2 Å². The van der Waals surface area contributed by atoms with Crippen molar-refractivity contribution >= 4 is 5.91 Å². The predicted octanol–water partition coefficient (Wildman–Crippen LogP) is 0.509. The molecule has 27 heavy (non-hydrogen) atoms. The first-order chi connectivity index (χ1) is 12.9. The van der Waals surface area contributed by atoms with Gasteiger partial charge in [0.25, 0.3) is 5.56 Å². The molecule has 0 bridgehead atoms. The van der Waals surface area contributed by atoms with Crippen molar-refractivity contribution in [2.45, 2.75) is 26.3 Å². The maximum absolute atomic E-state index is 12.4. The van der Waals surface area contributed by atoms with Gasteiger partial charge in [0.2, 0.25) is 5.82 Å². The van der Waals surface area contributed by atoms with E-state index in [1.165, 1.54) is 7.05 Å². The molecule has 0 radical (unpaired) electrons. The molecule has 1 aromatic carbocycles. The SMILES string of the molecule is CC[C@@H](C)NC(=O)c1nc(-c2nn(-c3ccccc3)c(=O)n(C)c2=O)no1. The third-order valence-electron chi connectivity index (χ3n) is 4.00. The number of benzene rings is 1. The number of nitrogens with zero attached hydrogens (tertiary/aromatic N) is 5. The number of amides is 1. The van der Waals surface area contributed by atoms with Gasteiger partial charge in [0.1, 0.15) is 0 Å². The van der Waals surface area contributed by atoms with E-state index in [1.807, 2.05) is 13.8 Å². The summed E-state index contributed by atoms with van der Waals surface area (Å²) in [6, 6.07) is 8.53. The Bertz CT molecular complexity index is 1080. The summed E-state index contributed by atoms with van der Waals surface area (Å²) in [5.74, 6) is -1.00. The highest BCUT2D eigenvalue weighted by molar-refractivity contribution is 5.90. The van der Waals surface area contributed by atoms with Crippen molar-refractivity contribution in [3.05, 3.63) is 57.1 Å². The molecule has 0 unspecified atom stereocenters. The Kier molecular flexibility index (Phi) is 4.97. The van der Waals surface area contributed by atoms with E-state index in [9.17, 15) is 14.4 Å². The van der Waals surface area contributed by atoms with Crippen LogP contribution in [0.1, 0.15) is 31.0 Å². The molecule has 0 aliphatic carbocycles. The second-order valence-corrected chi connectivity index (χ2v) is 5.95. The van der Waals surface area contributed by atoms with Crippen LogP contribution in [0.2, 0.25) is 0 Å². The Hall–Kier alpha value is -3.56. The quantitative estimate of drug-likeness (QED) is 0.693. The fourth-order valence-corrected chi connectivity index (χ4v) is 2.25. The molecule has 0 saturated heterocycles. The second kappa shape index (κ2) is 7.36. The number of carbonyl (C=O) groups is 1. The van der Waals surface area contributed by atoms with Crippen molar-refractivity contribution in [3.8, 4) is 17.2 Å². The summed E-state index contributed by atoms with van der Waals surface area (Å²) in [6.07, 6.45) is 0.733. The molecule has 10 heteroatoms. The van der Waals surface area contributed by atoms with Gasteiger partial charge in [-0.25, -0.2) is 4.79 Å². The molecule has 0 spiro atoms. The molecule has 3 aromatic rings. The van der Waals surface area contributed by atoms with Crippen LogP contribution in [0.5, 0.6) is 0 Å². The van der Waals surface area contributed by atoms with E-state index in [2.05, 4.69) is 20.6 Å². The van der Waals surface area contributed by atoms with Gasteiger partial charge in [-0.05, 0) is 25.5 Å². The molecule has 3 rings (SSSR count). The third-order valence-corrected chi connectivity index (χ3v) is 4.00. The molecule has 0 aliphatic heterocycles. The molecule has 2 aromatic heterocycles. The van der Waals surface area contributed by atoms with Crippen LogP contribution < -0.4 is 16.6 Å². The first-order valence-electron chi connectivity index (χ1n) is 8.33. The summed E-state index contributed by atoms with van der Waals surface area (Å²) < 4.78 is 6.90. The Morgan fingerprint density at radius 1 is 1.26 bits per heavy atom. The molecular formula is C17H18N6O4. The number of hydrogen-bond donors (Lipinski definition) is 1. The van der Waals surface area contributed by atoms with Crippen molar-refractivity contribution < 1.29 is 9.32 Å². The van der Waals surface area contributed by atoms with Gasteiger partial charge in [0.05, 0.1) is 5.69 Å². The third kappa shape index (κ3) is 3.54. The number of para-hydroxylation sites is 1. The summed E-state index contributed by atoms with van der Waals surface area (Å²) >= 11 is 0. The zero-order valence-electron chi connectivity index (χ0n) is 15.0. The lowest BCUT2D eigenvalue weighted by molar-refractivity contribution is 0.0895. The predicted molar refractivity (Wildman–Crippen MR) is 95.6 cm³/mol. The van der Waals surface area contributed by atoms with E-state index in [-0.39, 0.29) is 23.5 Å². The molecule has 1 amide bonds. The highest BCUT2D eigenvalue weighted by Gasteiger charge is 2.22. The van der Waals surface area contributed by atoms with Gasteiger partial charge in [0, 0.05) is 13.1 Å². The fourth-order valence-electron chi connectivity index (χ4n) is 2.25. The lowest BCUT2D eigenvalue weighted by Gasteiger charge is -2.08. The van der Waals surface area contributed by atoms with E-state index in [0.29, 0.717) is 5.69 Å². The summed E-state index contributed by atoms with van der Waals surface area (Å²) in [6.45, 7) is 3.76. The highest BCUT2D eigenvalue weighted by Crippen LogP contribution is 2.10. The maximum Gasteiger partial charge on any atom is 0.351 e. The molecule has 10 nitrogen and oxygen atoms in total. The van der Waals surface area contributed by atoms with Crippen LogP contribution in [-0.2, 0) is 7.05 Å². The van der Waals surface area contributed by atoms with Crippen molar-refractivity contribution in [2.75, 3.05) is 0 Å². The first-order valence-corrected chi connectivity index (χ1v) is 8.33. The minimum atomic E-state index is -0.693. The molecule has 0 aliphatic rings. The van der Waals surface area contributed by atoms with Crippen LogP contribution in [0.25, 0.3) is 17.2 Å². The Labute approximate surface area is 153 Å². The average molecular weight is 370 g/mol. The summed E-state index contributed by atoms with van der Waals surface area (Å²) in [4.78, 5) is 40.9. The molecular weight excluding hydrogens is 352 g/mol. The van der Waals surface area contributed by atoms with Crippen molar-refractivity contribution in [3.63, 3.8) is 0 Å². The van der Waals surface area contributed by atoms with Gasteiger partial charge < -0.3 is 9.84 Å². The molecule has 1 atom stereocenters. The molecule has 140 valence electrons. The highest BCUT2D eigenvalue weighted by atomic mass is 16.5. The van der Waals surface area contributed by atoms with Crippen LogP contribution in [-0.4, -0.2) is 36.4 Å². The number of aromatic nitrogens is 5. The lowest BCUT2D eigenvalue weighted by Crippen LogP contribution is -2.40. The average Bonchev–Trinajstić information content (AvgIpc) is 3.17. The van der Waals surface area contributed by atoms with Crippen LogP contribution in [0.3, 0.4) is 0 Å². The summed E-state index contributed by atoms with van der Waals surface area (Å²) in [7, 11) is 1.33. The van der Waals surface area contributed by atoms with Gasteiger partial charge in [-0.2, -0.15) is 14.8 Å². The van der Waals surface area contributed by atoms with Crippen molar-refractivity contribution in [1.29, 1.82) is 0 Å². The smallest absolute Gasteiger partial charge is 0.345 e. The van der Waals surface area contributed by atoms with Crippen molar-refractivity contribution in [2.24, 2.45) is 7.05 Å². The lowest BCUT2D eigenvalue weighted by atomic mass is 10.2. The topological polar surface area (TPSA) is 125 Å². The van der Waals surface area contributed by atoms with Crippen LogP contribution in [0.15, 0.2) is 44.4 Å². The number of carbonyl (C=O) groups excluding carboxylic acids is 1. The van der Waals surface area contributed by atoms with E-state index in [0.717, 1.165) is 15.7 Å². The molecule has 0 saturated carbocycles. The van der Waals surface area contributed by atoms with E-state index >= 15 is 0 Å². The standard InChI is InChI=1S/C17H18N6O4/c1-4-10(2)18-14(24)15-19-13(21-27-15)12-16(25)22(3)17(26)23(20-12)11-8-6-5-7-9-11/h5-10H,4H2,1-3H3,(H,18,24)/t10-/m1/s1. The Balaban J connectivity index is 2.06. The van der Waals surface area contributed by atoms with E-state index in [1.54, 1.807) is 30.3 Å². The zero-order valence-corrected chi connectivity index (χ0v) is 15.0. The van der Waals surface area contributed by atoms with Crippen LogP contribution in [0.4, 0.5) is 0 Å². The summed E-state index contributed by atoms with van der Waals surface area (Å²) in [5.41, 5.74) is -1.04. The van der Waals surface area contributed by atoms with Gasteiger partial charge in [0.15, 0.2) is 5.69 Å².